The molecule has 3 N–H and O–H groups in total. The molecule has 0 aliphatic carbocycles. The van der Waals surface area contributed by atoms with Crippen molar-refractivity contribution < 1.29 is 18.7 Å². The number of aliphatic hydroxyl groups is 1. The topological polar surface area (TPSA) is 110 Å². The lowest BCUT2D eigenvalue weighted by Crippen LogP contribution is -2.30. The fourth-order valence-electron chi connectivity index (χ4n) is 3.17. The van der Waals surface area contributed by atoms with E-state index < -0.39 is 17.2 Å². The van der Waals surface area contributed by atoms with Crippen molar-refractivity contribution in [2.45, 2.75) is 51.6 Å². The van der Waals surface area contributed by atoms with Gasteiger partial charge in [0.1, 0.15) is 11.3 Å². The van der Waals surface area contributed by atoms with Crippen molar-refractivity contribution in [1.29, 1.82) is 0 Å². The third-order valence-electron chi connectivity index (χ3n) is 4.88. The van der Waals surface area contributed by atoms with Gasteiger partial charge < -0.3 is 15.7 Å². The lowest BCUT2D eigenvalue weighted by molar-refractivity contribution is -0.131. The van der Waals surface area contributed by atoms with Crippen molar-refractivity contribution >= 4 is 28.4 Å². The Morgan fingerprint density at radius 1 is 1.27 bits per heavy atom. The largest absolute Gasteiger partial charge is 0.390 e. The number of amides is 1. The van der Waals surface area contributed by atoms with Crippen LogP contribution < -0.4 is 5.73 Å². The molecule has 0 radical (unpaired) electrons. The molecule has 0 fully saturated rings. The molecule has 3 rings (SSSR count). The van der Waals surface area contributed by atoms with Gasteiger partial charge in [-0.25, -0.2) is 18.7 Å². The average Bonchev–Trinajstić information content (AvgIpc) is 3.09. The van der Waals surface area contributed by atoms with E-state index in [0.717, 1.165) is 18.6 Å². The number of hydrogen-bond acceptors (Lipinski definition) is 6. The Kier molecular flexibility index (Phi) is 6.16. The first-order valence-corrected chi connectivity index (χ1v) is 9.81. The lowest BCUT2D eigenvalue weighted by Gasteiger charge is -2.20. The number of unbranched alkanes of at least 4 members (excludes halogenated alkanes) is 1. The smallest absolute Gasteiger partial charge is 0.223 e. The molecule has 1 aromatic carbocycles. The Morgan fingerprint density at radius 2 is 2.00 bits per heavy atom. The zero-order valence-electron chi connectivity index (χ0n) is 17.3. The van der Waals surface area contributed by atoms with Gasteiger partial charge in [0.2, 0.25) is 11.9 Å². The SMILES string of the molecule is CN(CCCCc1nc2c3cc(F)cc(F)c3nc(N)n2n1)C(=O)CCC(C)(C)O. The Hall–Kier alpha value is -2.88. The third-order valence-corrected chi connectivity index (χ3v) is 4.88. The molecule has 30 heavy (non-hydrogen) atoms. The molecule has 10 heteroatoms. The summed E-state index contributed by atoms with van der Waals surface area (Å²) in [5, 5.41) is 14.2. The molecule has 3 aromatic rings. The van der Waals surface area contributed by atoms with E-state index in [4.69, 9.17) is 5.73 Å². The molecular formula is C20H26F2N6O2. The number of nitrogens with two attached hydrogens (primary N) is 1. The first-order chi connectivity index (χ1) is 14.0. The van der Waals surface area contributed by atoms with E-state index in [-0.39, 0.29) is 28.4 Å². The first-order valence-electron chi connectivity index (χ1n) is 9.81. The van der Waals surface area contributed by atoms with Crippen LogP contribution in [0.25, 0.3) is 16.6 Å². The number of benzene rings is 1. The molecule has 2 aromatic heterocycles. The maximum atomic E-state index is 14.0. The zero-order chi connectivity index (χ0) is 22.1. The highest BCUT2D eigenvalue weighted by Crippen LogP contribution is 2.23. The van der Waals surface area contributed by atoms with E-state index >= 15 is 0 Å². The summed E-state index contributed by atoms with van der Waals surface area (Å²) >= 11 is 0. The number of carbonyl (C=O) groups excluding carboxylic acids is 1. The Labute approximate surface area is 172 Å². The molecule has 0 aliphatic heterocycles. The molecule has 0 saturated carbocycles. The number of halogens is 2. The Balaban J connectivity index is 1.63. The molecule has 0 saturated heterocycles. The van der Waals surface area contributed by atoms with Gasteiger partial charge in [0.25, 0.3) is 0 Å². The second kappa shape index (κ2) is 8.47. The second-order valence-electron chi connectivity index (χ2n) is 8.10. The summed E-state index contributed by atoms with van der Waals surface area (Å²) in [5.74, 6) is -1.09. The number of rotatable bonds is 8. The van der Waals surface area contributed by atoms with Gasteiger partial charge in [-0.15, -0.1) is 5.10 Å². The fourth-order valence-corrected chi connectivity index (χ4v) is 3.17. The molecule has 162 valence electrons. The molecule has 0 unspecified atom stereocenters. The summed E-state index contributed by atoms with van der Waals surface area (Å²) in [7, 11) is 1.73. The normalized spacial score (nSPS) is 12.1. The van der Waals surface area contributed by atoms with Crippen LogP contribution in [0.3, 0.4) is 0 Å². The van der Waals surface area contributed by atoms with Crippen LogP contribution in [-0.4, -0.2) is 54.7 Å². The minimum Gasteiger partial charge on any atom is -0.390 e. The van der Waals surface area contributed by atoms with Gasteiger partial charge in [0.15, 0.2) is 17.3 Å². The first kappa shape index (κ1) is 21.8. The summed E-state index contributed by atoms with van der Waals surface area (Å²) in [6.07, 6.45) is 2.67. The van der Waals surface area contributed by atoms with Gasteiger partial charge in [-0.2, -0.15) is 4.52 Å². The van der Waals surface area contributed by atoms with Crippen molar-refractivity contribution in [3.05, 3.63) is 29.6 Å². The minimum atomic E-state index is -0.863. The van der Waals surface area contributed by atoms with Gasteiger partial charge in [-0.05, 0) is 39.2 Å². The minimum absolute atomic E-state index is 0.0163. The van der Waals surface area contributed by atoms with Crippen molar-refractivity contribution in [2.24, 2.45) is 0 Å². The Morgan fingerprint density at radius 3 is 2.70 bits per heavy atom. The van der Waals surface area contributed by atoms with Crippen LogP contribution >= 0.6 is 0 Å². The summed E-state index contributed by atoms with van der Waals surface area (Å²) in [4.78, 5) is 22.1. The zero-order valence-corrected chi connectivity index (χ0v) is 17.3. The third kappa shape index (κ3) is 4.99. The molecule has 0 atom stereocenters. The van der Waals surface area contributed by atoms with Crippen molar-refractivity contribution in [3.8, 4) is 0 Å². The van der Waals surface area contributed by atoms with Gasteiger partial charge in [0, 0.05) is 32.5 Å². The molecule has 0 bridgehead atoms. The number of aryl methyl sites for hydroxylation is 1. The number of carbonyl (C=O) groups is 1. The highest BCUT2D eigenvalue weighted by molar-refractivity contribution is 5.92. The number of anilines is 1. The molecule has 8 nitrogen and oxygen atoms in total. The molecule has 0 spiro atoms. The maximum absolute atomic E-state index is 14.0. The van der Waals surface area contributed by atoms with E-state index in [1.807, 2.05) is 0 Å². The number of nitrogen functional groups attached to an aromatic ring is 1. The van der Waals surface area contributed by atoms with Crippen LogP contribution in [0.15, 0.2) is 12.1 Å². The molecule has 1 amide bonds. The summed E-state index contributed by atoms with van der Waals surface area (Å²) < 4.78 is 28.9. The van der Waals surface area contributed by atoms with E-state index in [0.29, 0.717) is 38.1 Å². The number of hydrogen-bond donors (Lipinski definition) is 2. The monoisotopic (exact) mass is 420 g/mol. The van der Waals surface area contributed by atoms with Gasteiger partial charge >= 0.3 is 0 Å². The second-order valence-corrected chi connectivity index (χ2v) is 8.10. The quantitative estimate of drug-likeness (QED) is 0.542. The lowest BCUT2D eigenvalue weighted by atomic mass is 10.0. The van der Waals surface area contributed by atoms with Gasteiger partial charge in [-0.3, -0.25) is 4.79 Å². The predicted octanol–water partition coefficient (Wildman–Crippen LogP) is 2.47. The fraction of sp³-hybridized carbons (Fsp3) is 0.500. The predicted molar refractivity (Wildman–Crippen MR) is 109 cm³/mol. The van der Waals surface area contributed by atoms with Crippen LogP contribution in [-0.2, 0) is 11.2 Å². The van der Waals surface area contributed by atoms with Crippen LogP contribution in [0.5, 0.6) is 0 Å². The summed E-state index contributed by atoms with van der Waals surface area (Å²) in [6, 6.07) is 1.91. The van der Waals surface area contributed by atoms with Crippen LogP contribution in [0, 0.1) is 11.6 Å². The van der Waals surface area contributed by atoms with Crippen LogP contribution in [0.1, 0.15) is 45.4 Å². The number of aromatic nitrogens is 4. The average molecular weight is 420 g/mol. The number of fused-ring (bicyclic) bond motifs is 3. The Bertz CT molecular complexity index is 1080. The van der Waals surface area contributed by atoms with Crippen molar-refractivity contribution in [1.82, 2.24) is 24.5 Å². The van der Waals surface area contributed by atoms with Crippen LogP contribution in [0.2, 0.25) is 0 Å². The number of nitrogens with zero attached hydrogens (tertiary/aromatic N) is 5. The maximum Gasteiger partial charge on any atom is 0.223 e. The highest BCUT2D eigenvalue weighted by atomic mass is 19.1. The van der Waals surface area contributed by atoms with Crippen molar-refractivity contribution in [2.75, 3.05) is 19.3 Å². The summed E-state index contributed by atoms with van der Waals surface area (Å²) in [6.45, 7) is 3.92. The van der Waals surface area contributed by atoms with E-state index in [1.54, 1.807) is 25.8 Å². The van der Waals surface area contributed by atoms with Crippen molar-refractivity contribution in [3.63, 3.8) is 0 Å². The van der Waals surface area contributed by atoms with Gasteiger partial charge in [-0.1, -0.05) is 0 Å². The van der Waals surface area contributed by atoms with Gasteiger partial charge in [0.05, 0.1) is 11.0 Å². The van der Waals surface area contributed by atoms with Crippen LogP contribution in [0.4, 0.5) is 14.7 Å². The molecule has 2 heterocycles. The highest BCUT2D eigenvalue weighted by Gasteiger charge is 2.18. The summed E-state index contributed by atoms with van der Waals surface area (Å²) in [5.41, 5.74) is 5.20. The molecule has 0 aliphatic rings. The standard InChI is InChI=1S/C20H26F2N6O2/c1-20(2,30)8-7-16(29)27(3)9-5-4-6-15-24-18-13-10-12(21)11-14(22)17(13)25-19(23)28(18)26-15/h10-11,30H,4-9H2,1-3H3,(H2,23,25). The van der Waals surface area contributed by atoms with E-state index in [1.165, 1.54) is 4.52 Å². The molecular weight excluding hydrogens is 394 g/mol. The van der Waals surface area contributed by atoms with E-state index in [9.17, 15) is 18.7 Å². The van der Waals surface area contributed by atoms with E-state index in [2.05, 4.69) is 15.1 Å².